The number of hydrogen-bond donors (Lipinski definition) is 1. The van der Waals surface area contributed by atoms with Crippen LogP contribution in [0.15, 0.2) is 24.3 Å². The Bertz CT molecular complexity index is 501. The molecule has 110 valence electrons. The molecule has 4 heteroatoms. The zero-order valence-corrected chi connectivity index (χ0v) is 12.8. The Balaban J connectivity index is 2.82. The lowest BCUT2D eigenvalue weighted by atomic mass is 10.1. The highest BCUT2D eigenvalue weighted by molar-refractivity contribution is 5.92. The van der Waals surface area contributed by atoms with Gasteiger partial charge in [-0.3, -0.25) is 4.79 Å². The van der Waals surface area contributed by atoms with E-state index >= 15 is 0 Å². The second-order valence-electron chi connectivity index (χ2n) is 5.59. The predicted molar refractivity (Wildman–Crippen MR) is 80.7 cm³/mol. The molecule has 1 aromatic rings. The Morgan fingerprint density at radius 2 is 2.10 bits per heavy atom. The summed E-state index contributed by atoms with van der Waals surface area (Å²) in [6, 6.07) is 5.79. The van der Waals surface area contributed by atoms with Crippen LogP contribution in [0.3, 0.4) is 0 Å². The number of methoxy groups -OCH3 is 1. The molecule has 4 nitrogen and oxygen atoms in total. The minimum absolute atomic E-state index is 0.157. The van der Waals surface area contributed by atoms with Crippen LogP contribution in [0, 0.1) is 6.92 Å². The summed E-state index contributed by atoms with van der Waals surface area (Å²) < 4.78 is 5.26. The van der Waals surface area contributed by atoms with E-state index in [0.29, 0.717) is 0 Å². The first-order valence-electron chi connectivity index (χ1n) is 6.53. The van der Waals surface area contributed by atoms with Gasteiger partial charge >= 0.3 is 0 Å². The number of ether oxygens (including phenoxy) is 1. The molecule has 0 bridgehead atoms. The molecule has 1 rings (SSSR count). The van der Waals surface area contributed by atoms with Crippen LogP contribution in [0.4, 0.5) is 0 Å². The SMILES string of the molecule is COc1ccc(C)cc1C=CC(=O)N(C)CC(C)(C)O. The van der Waals surface area contributed by atoms with Gasteiger partial charge in [-0.1, -0.05) is 11.6 Å². The molecular formula is C16H23NO3. The topological polar surface area (TPSA) is 49.8 Å². The third kappa shape index (κ3) is 5.05. The lowest BCUT2D eigenvalue weighted by Gasteiger charge is -2.24. The van der Waals surface area contributed by atoms with Gasteiger partial charge in [-0.15, -0.1) is 0 Å². The third-order valence-corrected chi connectivity index (χ3v) is 2.79. The van der Waals surface area contributed by atoms with Gasteiger partial charge < -0.3 is 14.7 Å². The van der Waals surface area contributed by atoms with E-state index in [1.807, 2.05) is 25.1 Å². The number of likely N-dealkylation sites (N-methyl/N-ethyl adjacent to an activating group) is 1. The van der Waals surface area contributed by atoms with Gasteiger partial charge in [0.05, 0.1) is 12.7 Å². The van der Waals surface area contributed by atoms with Gasteiger partial charge in [-0.2, -0.15) is 0 Å². The third-order valence-electron chi connectivity index (χ3n) is 2.79. The lowest BCUT2D eigenvalue weighted by molar-refractivity contribution is -0.127. The maximum atomic E-state index is 12.0. The Morgan fingerprint density at radius 1 is 1.45 bits per heavy atom. The van der Waals surface area contributed by atoms with E-state index in [1.165, 1.54) is 11.0 Å². The van der Waals surface area contributed by atoms with E-state index in [9.17, 15) is 9.90 Å². The molecule has 1 aromatic carbocycles. The summed E-state index contributed by atoms with van der Waals surface area (Å²) in [4.78, 5) is 13.5. The van der Waals surface area contributed by atoms with Gasteiger partial charge in [0.25, 0.3) is 0 Å². The predicted octanol–water partition coefficient (Wildman–Crippen LogP) is 2.25. The second kappa shape index (κ2) is 6.57. The number of nitrogens with zero attached hydrogens (tertiary/aromatic N) is 1. The maximum Gasteiger partial charge on any atom is 0.246 e. The Kier molecular flexibility index (Phi) is 5.34. The molecule has 0 spiro atoms. The fraction of sp³-hybridized carbons (Fsp3) is 0.438. The second-order valence-corrected chi connectivity index (χ2v) is 5.59. The molecule has 0 fully saturated rings. The molecule has 0 unspecified atom stereocenters. The molecule has 20 heavy (non-hydrogen) atoms. The van der Waals surface area contributed by atoms with Crippen LogP contribution >= 0.6 is 0 Å². The van der Waals surface area contributed by atoms with Crippen molar-refractivity contribution < 1.29 is 14.6 Å². The fourth-order valence-corrected chi connectivity index (χ4v) is 1.93. The molecule has 0 radical (unpaired) electrons. The van der Waals surface area contributed by atoms with Crippen LogP contribution in [-0.2, 0) is 4.79 Å². The van der Waals surface area contributed by atoms with Gasteiger partial charge in [0.1, 0.15) is 5.75 Å². The molecule has 0 aliphatic carbocycles. The van der Waals surface area contributed by atoms with Crippen molar-refractivity contribution in [1.82, 2.24) is 4.90 Å². The first-order valence-corrected chi connectivity index (χ1v) is 6.53. The van der Waals surface area contributed by atoms with Crippen molar-refractivity contribution in [3.05, 3.63) is 35.4 Å². The summed E-state index contributed by atoms with van der Waals surface area (Å²) in [5, 5.41) is 9.70. The minimum atomic E-state index is -0.903. The quantitative estimate of drug-likeness (QED) is 0.840. The Hall–Kier alpha value is -1.81. The van der Waals surface area contributed by atoms with Crippen LogP contribution in [0.2, 0.25) is 0 Å². The van der Waals surface area contributed by atoms with Crippen LogP contribution in [-0.4, -0.2) is 42.2 Å². The van der Waals surface area contributed by atoms with Crippen molar-refractivity contribution >= 4 is 12.0 Å². The van der Waals surface area contributed by atoms with E-state index in [2.05, 4.69) is 0 Å². The van der Waals surface area contributed by atoms with E-state index in [-0.39, 0.29) is 12.5 Å². The zero-order chi connectivity index (χ0) is 15.3. The summed E-state index contributed by atoms with van der Waals surface area (Å²) in [5.74, 6) is 0.570. The highest BCUT2D eigenvalue weighted by atomic mass is 16.5. The summed E-state index contributed by atoms with van der Waals surface area (Å²) in [6.07, 6.45) is 3.22. The number of amides is 1. The van der Waals surface area contributed by atoms with E-state index in [0.717, 1.165) is 16.9 Å². The standard InChI is InChI=1S/C16H23NO3/c1-12-6-8-14(20-5)13(10-12)7-9-15(18)17(4)11-16(2,3)19/h6-10,19H,11H2,1-5H3. The fourth-order valence-electron chi connectivity index (χ4n) is 1.93. The molecule has 1 amide bonds. The minimum Gasteiger partial charge on any atom is -0.496 e. The highest BCUT2D eigenvalue weighted by Gasteiger charge is 2.17. The Morgan fingerprint density at radius 3 is 2.65 bits per heavy atom. The average Bonchev–Trinajstić information content (AvgIpc) is 2.34. The van der Waals surface area contributed by atoms with Gasteiger partial charge in [-0.05, 0) is 39.0 Å². The molecule has 0 heterocycles. The summed E-state index contributed by atoms with van der Waals surface area (Å²) >= 11 is 0. The number of aryl methyl sites for hydroxylation is 1. The van der Waals surface area contributed by atoms with Crippen molar-refractivity contribution in [2.45, 2.75) is 26.4 Å². The lowest BCUT2D eigenvalue weighted by Crippen LogP contribution is -2.38. The van der Waals surface area contributed by atoms with Crippen molar-refractivity contribution in [1.29, 1.82) is 0 Å². The van der Waals surface area contributed by atoms with Crippen molar-refractivity contribution in [3.8, 4) is 5.75 Å². The van der Waals surface area contributed by atoms with Crippen LogP contribution < -0.4 is 4.74 Å². The number of carbonyl (C=O) groups is 1. The summed E-state index contributed by atoms with van der Waals surface area (Å²) in [6.45, 7) is 5.61. The molecule has 0 saturated carbocycles. The number of aliphatic hydroxyl groups is 1. The van der Waals surface area contributed by atoms with Crippen molar-refractivity contribution in [2.75, 3.05) is 20.7 Å². The smallest absolute Gasteiger partial charge is 0.246 e. The Labute approximate surface area is 120 Å². The maximum absolute atomic E-state index is 12.0. The van der Waals surface area contributed by atoms with Gasteiger partial charge in [-0.25, -0.2) is 0 Å². The van der Waals surface area contributed by atoms with Gasteiger partial charge in [0.2, 0.25) is 5.91 Å². The summed E-state index contributed by atoms with van der Waals surface area (Å²) in [7, 11) is 3.27. The number of hydrogen-bond acceptors (Lipinski definition) is 3. The zero-order valence-electron chi connectivity index (χ0n) is 12.8. The first-order chi connectivity index (χ1) is 9.23. The molecule has 0 aliphatic heterocycles. The van der Waals surface area contributed by atoms with Crippen molar-refractivity contribution in [3.63, 3.8) is 0 Å². The number of rotatable bonds is 5. The van der Waals surface area contributed by atoms with Crippen LogP contribution in [0.5, 0.6) is 5.75 Å². The number of carbonyl (C=O) groups excluding carboxylic acids is 1. The molecular weight excluding hydrogens is 254 g/mol. The number of benzene rings is 1. The van der Waals surface area contributed by atoms with Gasteiger partial charge in [0.15, 0.2) is 0 Å². The monoisotopic (exact) mass is 277 g/mol. The largest absolute Gasteiger partial charge is 0.496 e. The first kappa shape index (κ1) is 16.2. The van der Waals surface area contributed by atoms with Crippen LogP contribution in [0.25, 0.3) is 6.08 Å². The molecule has 0 aliphatic rings. The molecule has 1 N–H and O–H groups in total. The van der Waals surface area contributed by atoms with Gasteiger partial charge in [0, 0.05) is 25.2 Å². The molecule has 0 atom stereocenters. The molecule has 0 saturated heterocycles. The van der Waals surface area contributed by atoms with Crippen molar-refractivity contribution in [2.24, 2.45) is 0 Å². The average molecular weight is 277 g/mol. The van der Waals surface area contributed by atoms with E-state index < -0.39 is 5.60 Å². The summed E-state index contributed by atoms with van der Waals surface area (Å²) in [5.41, 5.74) is 1.06. The van der Waals surface area contributed by atoms with E-state index in [1.54, 1.807) is 34.1 Å². The molecule has 0 aromatic heterocycles. The highest BCUT2D eigenvalue weighted by Crippen LogP contribution is 2.21. The normalized spacial score (nSPS) is 11.7. The van der Waals surface area contributed by atoms with E-state index in [4.69, 9.17) is 4.74 Å². The van der Waals surface area contributed by atoms with Crippen LogP contribution in [0.1, 0.15) is 25.0 Å².